The van der Waals surface area contributed by atoms with E-state index in [2.05, 4.69) is 4.99 Å². The second-order valence-corrected chi connectivity index (χ2v) is 5.52. The number of nitrogens with zero attached hydrogens (tertiary/aromatic N) is 2. The van der Waals surface area contributed by atoms with Crippen molar-refractivity contribution in [2.24, 2.45) is 4.99 Å². The van der Waals surface area contributed by atoms with E-state index in [1.807, 2.05) is 48.0 Å². The van der Waals surface area contributed by atoms with Gasteiger partial charge >= 0.3 is 5.97 Å². The van der Waals surface area contributed by atoms with Crippen molar-refractivity contribution in [2.75, 3.05) is 7.11 Å². The average Bonchev–Trinajstić information content (AvgIpc) is 3.09. The molecule has 0 aliphatic heterocycles. The van der Waals surface area contributed by atoms with Crippen molar-refractivity contribution >= 4 is 17.9 Å². The molecular formula is C20H18N2O3. The van der Waals surface area contributed by atoms with E-state index >= 15 is 0 Å². The number of carbonyl (C=O) groups excluding carboxylic acids is 1. The fraction of sp³-hybridized carbons (Fsp3) is 0.100. The number of aliphatic imine (C=N–C) groups is 1. The number of esters is 1. The first-order chi connectivity index (χ1) is 12.1. The second kappa shape index (κ2) is 7.05. The Hall–Kier alpha value is -3.34. The summed E-state index contributed by atoms with van der Waals surface area (Å²) in [5.74, 6) is -0.150. The molecule has 1 N–H and O–H groups in total. The third-order valence-corrected chi connectivity index (χ3v) is 3.95. The van der Waals surface area contributed by atoms with Crippen LogP contribution in [0.1, 0.15) is 21.6 Å². The first kappa shape index (κ1) is 16.5. The van der Waals surface area contributed by atoms with Gasteiger partial charge in [0.15, 0.2) is 0 Å². The Morgan fingerprint density at radius 1 is 1.12 bits per heavy atom. The molecule has 5 heteroatoms. The number of rotatable bonds is 4. The normalized spacial score (nSPS) is 11.0. The number of aromatic hydroxyl groups is 1. The number of phenols is 1. The Balaban J connectivity index is 1.93. The highest BCUT2D eigenvalue weighted by Crippen LogP contribution is 2.23. The molecule has 3 aromatic rings. The van der Waals surface area contributed by atoms with Gasteiger partial charge in [0.2, 0.25) is 0 Å². The fourth-order valence-corrected chi connectivity index (χ4v) is 2.58. The van der Waals surface area contributed by atoms with Crippen LogP contribution in [-0.2, 0) is 4.74 Å². The molecule has 0 radical (unpaired) electrons. The van der Waals surface area contributed by atoms with Gasteiger partial charge in [-0.25, -0.2) is 4.79 Å². The van der Waals surface area contributed by atoms with Gasteiger partial charge in [-0.1, -0.05) is 6.07 Å². The molecule has 0 atom stereocenters. The van der Waals surface area contributed by atoms with Crippen LogP contribution in [0.5, 0.6) is 5.75 Å². The van der Waals surface area contributed by atoms with E-state index in [1.54, 1.807) is 30.5 Å². The molecule has 0 bridgehead atoms. The summed E-state index contributed by atoms with van der Waals surface area (Å²) in [6.45, 7) is 1.85. The van der Waals surface area contributed by atoms with E-state index in [0.29, 0.717) is 11.3 Å². The van der Waals surface area contributed by atoms with Gasteiger partial charge in [0, 0.05) is 11.9 Å². The van der Waals surface area contributed by atoms with Gasteiger partial charge in [0.1, 0.15) is 5.75 Å². The third kappa shape index (κ3) is 3.45. The van der Waals surface area contributed by atoms with Gasteiger partial charge in [-0.2, -0.15) is 0 Å². The van der Waals surface area contributed by atoms with Gasteiger partial charge in [-0.15, -0.1) is 0 Å². The molecule has 0 saturated carbocycles. The predicted octanol–water partition coefficient (Wildman–Crippen LogP) is 4.03. The van der Waals surface area contributed by atoms with Crippen molar-refractivity contribution in [3.63, 3.8) is 0 Å². The maximum atomic E-state index is 11.8. The maximum Gasteiger partial charge on any atom is 0.338 e. The summed E-state index contributed by atoms with van der Waals surface area (Å²) in [7, 11) is 1.36. The topological polar surface area (TPSA) is 63.8 Å². The van der Waals surface area contributed by atoms with Crippen LogP contribution in [0.4, 0.5) is 5.69 Å². The average molecular weight is 334 g/mol. The van der Waals surface area contributed by atoms with Crippen molar-refractivity contribution in [1.29, 1.82) is 0 Å². The van der Waals surface area contributed by atoms with E-state index in [9.17, 15) is 9.90 Å². The molecule has 1 aromatic heterocycles. The summed E-state index contributed by atoms with van der Waals surface area (Å²) in [6, 6.07) is 16.2. The molecule has 0 aliphatic rings. The van der Waals surface area contributed by atoms with Crippen LogP contribution in [0.2, 0.25) is 0 Å². The standard InChI is InChI=1S/C20H18N2O3/c1-14-18(20(24)25-2)6-3-7-19(14)21-13-16-5-4-12-22(16)15-8-10-17(23)11-9-15/h3-13,23H,1-2H3. The summed E-state index contributed by atoms with van der Waals surface area (Å²) < 4.78 is 6.75. The lowest BCUT2D eigenvalue weighted by atomic mass is 10.1. The van der Waals surface area contributed by atoms with Gasteiger partial charge in [-0.05, 0) is 61.0 Å². The first-order valence-corrected chi connectivity index (χ1v) is 7.79. The molecule has 0 fully saturated rings. The van der Waals surface area contributed by atoms with E-state index in [4.69, 9.17) is 4.74 Å². The van der Waals surface area contributed by atoms with Gasteiger partial charge in [0.25, 0.3) is 0 Å². The van der Waals surface area contributed by atoms with Crippen molar-refractivity contribution in [3.8, 4) is 11.4 Å². The van der Waals surface area contributed by atoms with E-state index in [-0.39, 0.29) is 11.7 Å². The van der Waals surface area contributed by atoms with Crippen molar-refractivity contribution < 1.29 is 14.6 Å². The zero-order valence-corrected chi connectivity index (χ0v) is 14.0. The molecule has 25 heavy (non-hydrogen) atoms. The van der Waals surface area contributed by atoms with Gasteiger partial charge < -0.3 is 14.4 Å². The molecule has 1 heterocycles. The summed E-state index contributed by atoms with van der Waals surface area (Å²) in [6.07, 6.45) is 3.67. The van der Waals surface area contributed by atoms with Crippen LogP contribution in [0, 0.1) is 6.92 Å². The van der Waals surface area contributed by atoms with Crippen LogP contribution in [-0.4, -0.2) is 29.0 Å². The highest BCUT2D eigenvalue weighted by atomic mass is 16.5. The number of methoxy groups -OCH3 is 1. The molecule has 0 spiro atoms. The number of aromatic nitrogens is 1. The number of hydrogen-bond donors (Lipinski definition) is 1. The maximum absolute atomic E-state index is 11.8. The summed E-state index contributed by atoms with van der Waals surface area (Å²) in [4.78, 5) is 16.3. The minimum atomic E-state index is -0.373. The first-order valence-electron chi connectivity index (χ1n) is 7.79. The number of ether oxygens (including phenoxy) is 1. The lowest BCUT2D eigenvalue weighted by Crippen LogP contribution is -2.03. The number of phenolic OH excluding ortho intramolecular Hbond substituents is 1. The Labute approximate surface area is 145 Å². The highest BCUT2D eigenvalue weighted by molar-refractivity contribution is 5.93. The quantitative estimate of drug-likeness (QED) is 0.579. The molecule has 0 aliphatic carbocycles. The smallest absolute Gasteiger partial charge is 0.338 e. The Morgan fingerprint density at radius 2 is 1.88 bits per heavy atom. The minimum Gasteiger partial charge on any atom is -0.508 e. The van der Waals surface area contributed by atoms with Gasteiger partial charge in [0.05, 0.1) is 30.3 Å². The van der Waals surface area contributed by atoms with Crippen LogP contribution in [0.25, 0.3) is 5.69 Å². The zero-order chi connectivity index (χ0) is 17.8. The number of hydrogen-bond acceptors (Lipinski definition) is 4. The number of benzene rings is 2. The minimum absolute atomic E-state index is 0.223. The lowest BCUT2D eigenvalue weighted by molar-refractivity contribution is 0.0600. The SMILES string of the molecule is COC(=O)c1cccc(N=Cc2cccn2-c2ccc(O)cc2)c1C. The van der Waals surface area contributed by atoms with Crippen molar-refractivity contribution in [1.82, 2.24) is 4.57 Å². The van der Waals surface area contributed by atoms with E-state index in [1.165, 1.54) is 7.11 Å². The Morgan fingerprint density at radius 3 is 2.60 bits per heavy atom. The molecular weight excluding hydrogens is 316 g/mol. The van der Waals surface area contributed by atoms with Crippen LogP contribution in [0.15, 0.2) is 65.8 Å². The van der Waals surface area contributed by atoms with Crippen molar-refractivity contribution in [3.05, 3.63) is 77.6 Å². The van der Waals surface area contributed by atoms with Crippen LogP contribution >= 0.6 is 0 Å². The summed E-state index contributed by atoms with van der Waals surface area (Å²) in [5.41, 5.74) is 3.79. The highest BCUT2D eigenvalue weighted by Gasteiger charge is 2.11. The van der Waals surface area contributed by atoms with Crippen LogP contribution < -0.4 is 0 Å². The molecule has 126 valence electrons. The Kier molecular flexibility index (Phi) is 4.66. The van der Waals surface area contributed by atoms with Crippen molar-refractivity contribution in [2.45, 2.75) is 6.92 Å². The van der Waals surface area contributed by atoms with E-state index < -0.39 is 0 Å². The zero-order valence-electron chi connectivity index (χ0n) is 14.0. The summed E-state index contributed by atoms with van der Waals surface area (Å²) in [5, 5.41) is 9.42. The molecule has 5 nitrogen and oxygen atoms in total. The largest absolute Gasteiger partial charge is 0.508 e. The molecule has 0 amide bonds. The van der Waals surface area contributed by atoms with E-state index in [0.717, 1.165) is 16.9 Å². The predicted molar refractivity (Wildman–Crippen MR) is 97.2 cm³/mol. The van der Waals surface area contributed by atoms with Gasteiger partial charge in [-0.3, -0.25) is 4.99 Å². The van der Waals surface area contributed by atoms with Crippen LogP contribution in [0.3, 0.4) is 0 Å². The second-order valence-electron chi connectivity index (χ2n) is 5.52. The third-order valence-electron chi connectivity index (χ3n) is 3.95. The molecule has 0 unspecified atom stereocenters. The number of carbonyl (C=O) groups is 1. The fourth-order valence-electron chi connectivity index (χ4n) is 2.58. The monoisotopic (exact) mass is 334 g/mol. The Bertz CT molecular complexity index is 924. The molecule has 3 rings (SSSR count). The molecule has 2 aromatic carbocycles. The molecule has 0 saturated heterocycles. The lowest BCUT2D eigenvalue weighted by Gasteiger charge is -2.08. The summed E-state index contributed by atoms with van der Waals surface area (Å²) >= 11 is 0.